The summed E-state index contributed by atoms with van der Waals surface area (Å²) >= 11 is 5.93. The Balaban J connectivity index is 1.39. The number of amides is 2. The maximum absolute atomic E-state index is 12.8. The first-order chi connectivity index (χ1) is 15.0. The topological polar surface area (TPSA) is 68.6 Å². The van der Waals surface area contributed by atoms with E-state index in [2.05, 4.69) is 10.4 Å². The molecule has 0 saturated heterocycles. The summed E-state index contributed by atoms with van der Waals surface area (Å²) in [6.07, 6.45) is 0.756. The van der Waals surface area contributed by atoms with E-state index in [-0.39, 0.29) is 6.03 Å². The molecule has 1 N–H and O–H groups in total. The average Bonchev–Trinajstić information content (AvgIpc) is 3.10. The van der Waals surface area contributed by atoms with E-state index >= 15 is 0 Å². The first kappa shape index (κ1) is 21.2. The third-order valence-corrected chi connectivity index (χ3v) is 5.63. The number of rotatable bonds is 6. The summed E-state index contributed by atoms with van der Waals surface area (Å²) in [6.45, 7) is 2.01. The van der Waals surface area contributed by atoms with Crippen molar-refractivity contribution in [3.8, 4) is 5.75 Å². The number of hydrogen-bond acceptors (Lipinski definition) is 4. The Hall–Kier alpha value is -3.03. The van der Waals surface area contributed by atoms with Gasteiger partial charge in [0.1, 0.15) is 5.75 Å². The average molecular weight is 441 g/mol. The number of aryl methyl sites for hydroxylation is 1. The molecule has 1 aromatic heterocycles. The molecule has 2 aromatic carbocycles. The Morgan fingerprint density at radius 2 is 1.87 bits per heavy atom. The van der Waals surface area contributed by atoms with Crippen molar-refractivity contribution in [2.75, 3.05) is 19.0 Å². The van der Waals surface area contributed by atoms with Crippen molar-refractivity contribution < 1.29 is 14.3 Å². The minimum Gasteiger partial charge on any atom is -0.497 e. The number of halogens is 1. The zero-order valence-corrected chi connectivity index (χ0v) is 18.4. The number of carbonyl (C=O) groups is 1. The molecule has 0 unspecified atom stereocenters. The number of methoxy groups -OCH3 is 1. The Morgan fingerprint density at radius 1 is 1.13 bits per heavy atom. The fraction of sp³-hybridized carbons (Fsp3) is 0.304. The van der Waals surface area contributed by atoms with E-state index < -0.39 is 0 Å². The van der Waals surface area contributed by atoms with E-state index in [1.807, 2.05) is 60.3 Å². The van der Waals surface area contributed by atoms with Crippen molar-refractivity contribution in [3.05, 3.63) is 76.1 Å². The van der Waals surface area contributed by atoms with Crippen molar-refractivity contribution in [1.29, 1.82) is 0 Å². The predicted octanol–water partition coefficient (Wildman–Crippen LogP) is 4.39. The van der Waals surface area contributed by atoms with E-state index in [1.165, 1.54) is 0 Å². The van der Waals surface area contributed by atoms with Crippen LogP contribution < -0.4 is 10.1 Å². The van der Waals surface area contributed by atoms with Crippen LogP contribution in [0, 0.1) is 0 Å². The van der Waals surface area contributed by atoms with Crippen molar-refractivity contribution in [3.63, 3.8) is 0 Å². The van der Waals surface area contributed by atoms with Gasteiger partial charge >= 0.3 is 6.03 Å². The normalized spacial score (nSPS) is 13.1. The number of nitrogens with zero attached hydrogens (tertiary/aromatic N) is 3. The van der Waals surface area contributed by atoms with Crippen LogP contribution in [0.4, 0.5) is 10.5 Å². The summed E-state index contributed by atoms with van der Waals surface area (Å²) in [5.41, 5.74) is 4.87. The molecule has 0 aliphatic carbocycles. The van der Waals surface area contributed by atoms with Gasteiger partial charge in [-0.3, -0.25) is 4.68 Å². The molecule has 0 atom stereocenters. The molecule has 162 valence electrons. The fourth-order valence-electron chi connectivity index (χ4n) is 3.68. The van der Waals surface area contributed by atoms with Crippen molar-refractivity contribution in [2.45, 2.75) is 26.2 Å². The minimum atomic E-state index is -0.132. The lowest BCUT2D eigenvalue weighted by Gasteiger charge is -2.28. The minimum absolute atomic E-state index is 0.132. The van der Waals surface area contributed by atoms with Crippen LogP contribution in [0.25, 0.3) is 0 Å². The van der Waals surface area contributed by atoms with Crippen LogP contribution in [0.3, 0.4) is 0 Å². The molecule has 2 amide bonds. The van der Waals surface area contributed by atoms with Crippen molar-refractivity contribution in [1.82, 2.24) is 14.7 Å². The first-order valence-corrected chi connectivity index (χ1v) is 10.5. The summed E-state index contributed by atoms with van der Waals surface area (Å²) in [6, 6.07) is 14.8. The van der Waals surface area contributed by atoms with Crippen LogP contribution in [0.15, 0.2) is 48.5 Å². The maximum Gasteiger partial charge on any atom is 0.322 e. The second-order valence-electron chi connectivity index (χ2n) is 7.45. The molecule has 31 heavy (non-hydrogen) atoms. The molecular weight excluding hydrogens is 416 g/mol. The molecular formula is C23H25ClN4O3. The highest BCUT2D eigenvalue weighted by molar-refractivity contribution is 6.30. The van der Waals surface area contributed by atoms with Crippen LogP contribution in [0.1, 0.15) is 22.5 Å². The Morgan fingerprint density at radius 3 is 2.58 bits per heavy atom. The van der Waals surface area contributed by atoms with E-state index in [1.54, 1.807) is 12.0 Å². The Kier molecular flexibility index (Phi) is 6.44. The number of benzene rings is 2. The summed E-state index contributed by atoms with van der Waals surface area (Å²) in [5.74, 6) is 0.749. The third-order valence-electron chi connectivity index (χ3n) is 5.37. The fourth-order valence-corrected chi connectivity index (χ4v) is 3.81. The van der Waals surface area contributed by atoms with E-state index in [0.29, 0.717) is 31.3 Å². The van der Waals surface area contributed by atoms with Gasteiger partial charge < -0.3 is 19.7 Å². The number of nitrogens with one attached hydrogen (secondary N) is 1. The lowest BCUT2D eigenvalue weighted by atomic mass is 10.1. The maximum atomic E-state index is 12.8. The van der Waals surface area contributed by atoms with Gasteiger partial charge in [-0.1, -0.05) is 23.7 Å². The molecule has 1 aliphatic rings. The quantitative estimate of drug-likeness (QED) is 0.617. The van der Waals surface area contributed by atoms with Gasteiger partial charge in [0.2, 0.25) is 0 Å². The Labute approximate surface area is 186 Å². The highest BCUT2D eigenvalue weighted by Crippen LogP contribution is 2.24. The van der Waals surface area contributed by atoms with Gasteiger partial charge in [0.25, 0.3) is 0 Å². The van der Waals surface area contributed by atoms with E-state index in [0.717, 1.165) is 40.4 Å². The molecule has 4 rings (SSSR count). The second-order valence-corrected chi connectivity index (χ2v) is 7.88. The monoisotopic (exact) mass is 440 g/mol. The van der Waals surface area contributed by atoms with Crippen LogP contribution >= 0.6 is 11.6 Å². The standard InChI is InChI=1S/C23H25ClN4O3/c1-27-22-11-12-28(23(29)25-18-7-9-19(30-2)10-8-18)13-20(22)21(26-27)15-31-14-16-3-5-17(24)6-4-16/h3-10H,11-15H2,1-2H3,(H,25,29). The van der Waals surface area contributed by atoms with E-state index in [9.17, 15) is 4.79 Å². The molecule has 7 nitrogen and oxygen atoms in total. The van der Waals surface area contributed by atoms with Crippen LogP contribution in [0.2, 0.25) is 5.02 Å². The van der Waals surface area contributed by atoms with Crippen LogP contribution in [0.5, 0.6) is 5.75 Å². The van der Waals surface area contributed by atoms with Crippen LogP contribution in [-0.2, 0) is 38.0 Å². The molecule has 0 spiro atoms. The largest absolute Gasteiger partial charge is 0.497 e. The summed E-state index contributed by atoms with van der Waals surface area (Å²) < 4.78 is 12.9. The predicted molar refractivity (Wildman–Crippen MR) is 119 cm³/mol. The van der Waals surface area contributed by atoms with Gasteiger partial charge in [-0.2, -0.15) is 5.10 Å². The number of urea groups is 1. The zero-order valence-electron chi connectivity index (χ0n) is 17.6. The second kappa shape index (κ2) is 9.41. The van der Waals surface area contributed by atoms with Gasteiger partial charge in [0.15, 0.2) is 0 Å². The molecule has 0 fully saturated rings. The molecule has 0 radical (unpaired) electrons. The molecule has 1 aliphatic heterocycles. The molecule has 8 heteroatoms. The molecule has 3 aromatic rings. The lowest BCUT2D eigenvalue weighted by Crippen LogP contribution is -2.39. The molecule has 0 saturated carbocycles. The Bertz CT molecular complexity index is 1050. The third kappa shape index (κ3) is 5.00. The molecule has 0 bridgehead atoms. The van der Waals surface area contributed by atoms with Gasteiger partial charge in [-0.25, -0.2) is 4.79 Å². The number of hydrogen-bond donors (Lipinski definition) is 1. The number of aromatic nitrogens is 2. The SMILES string of the molecule is COc1ccc(NC(=O)N2CCc3c(c(COCc4ccc(Cl)cc4)nn3C)C2)cc1. The van der Waals surface area contributed by atoms with Crippen molar-refractivity contribution in [2.24, 2.45) is 7.05 Å². The summed E-state index contributed by atoms with van der Waals surface area (Å²) in [4.78, 5) is 14.6. The van der Waals surface area contributed by atoms with Gasteiger partial charge in [0.05, 0.1) is 32.6 Å². The van der Waals surface area contributed by atoms with E-state index in [4.69, 9.17) is 21.1 Å². The highest BCUT2D eigenvalue weighted by atomic mass is 35.5. The molecule has 2 heterocycles. The number of ether oxygens (including phenoxy) is 2. The smallest absolute Gasteiger partial charge is 0.322 e. The lowest BCUT2D eigenvalue weighted by molar-refractivity contribution is 0.103. The summed E-state index contributed by atoms with van der Waals surface area (Å²) in [7, 11) is 3.55. The number of fused-ring (bicyclic) bond motifs is 1. The number of carbonyl (C=O) groups excluding carboxylic acids is 1. The zero-order chi connectivity index (χ0) is 21.8. The van der Waals surface area contributed by atoms with Gasteiger partial charge in [-0.05, 0) is 42.0 Å². The first-order valence-electron chi connectivity index (χ1n) is 10.1. The number of anilines is 1. The van der Waals surface area contributed by atoms with Gasteiger partial charge in [0, 0.05) is 42.0 Å². The van der Waals surface area contributed by atoms with Crippen LogP contribution in [-0.4, -0.2) is 34.4 Å². The highest BCUT2D eigenvalue weighted by Gasteiger charge is 2.26. The van der Waals surface area contributed by atoms with Crippen molar-refractivity contribution >= 4 is 23.3 Å². The summed E-state index contributed by atoms with van der Waals surface area (Å²) in [5, 5.41) is 8.29. The van der Waals surface area contributed by atoms with Gasteiger partial charge in [-0.15, -0.1) is 0 Å².